The van der Waals surface area contributed by atoms with E-state index < -0.39 is 0 Å². The Morgan fingerprint density at radius 2 is 1.84 bits per heavy atom. The summed E-state index contributed by atoms with van der Waals surface area (Å²) in [7, 11) is 1.64. The molecule has 0 radical (unpaired) electrons. The highest BCUT2D eigenvalue weighted by Gasteiger charge is 2.07. The molecule has 1 amide bonds. The van der Waals surface area contributed by atoms with E-state index in [-0.39, 0.29) is 12.5 Å². The third kappa shape index (κ3) is 6.47. The number of unbranched alkanes of at least 4 members (excludes halogenated alkanes) is 1. The number of hydrogen-bond donors (Lipinski definition) is 2. The van der Waals surface area contributed by atoms with E-state index >= 15 is 0 Å². The normalized spacial score (nSPS) is 10.3. The van der Waals surface area contributed by atoms with Crippen molar-refractivity contribution in [3.63, 3.8) is 0 Å². The fourth-order valence-electron chi connectivity index (χ4n) is 2.28. The molecule has 5 heteroatoms. The van der Waals surface area contributed by atoms with Crippen molar-refractivity contribution in [1.29, 1.82) is 0 Å². The van der Waals surface area contributed by atoms with Crippen LogP contribution in [0.1, 0.15) is 25.3 Å². The quantitative estimate of drug-likeness (QED) is 0.648. The molecule has 2 N–H and O–H groups in total. The fraction of sp³-hybridized carbons (Fsp3) is 0.350. The SMILES string of the molecule is CCCCOc1ccccc1NC(=O)CNCc1ccc(OC)cc1. The highest BCUT2D eigenvalue weighted by atomic mass is 16.5. The number of nitrogens with one attached hydrogen (secondary N) is 2. The molecule has 2 rings (SSSR count). The summed E-state index contributed by atoms with van der Waals surface area (Å²) in [5.41, 5.74) is 1.80. The van der Waals surface area contributed by atoms with Crippen LogP contribution in [-0.4, -0.2) is 26.2 Å². The molecular weight excluding hydrogens is 316 g/mol. The van der Waals surface area contributed by atoms with Crippen molar-refractivity contribution in [2.24, 2.45) is 0 Å². The van der Waals surface area contributed by atoms with Crippen molar-refractivity contribution >= 4 is 11.6 Å². The minimum absolute atomic E-state index is 0.0972. The molecule has 134 valence electrons. The van der Waals surface area contributed by atoms with Gasteiger partial charge in [0.25, 0.3) is 0 Å². The smallest absolute Gasteiger partial charge is 0.238 e. The van der Waals surface area contributed by atoms with Crippen LogP contribution in [0.15, 0.2) is 48.5 Å². The van der Waals surface area contributed by atoms with Crippen LogP contribution in [0, 0.1) is 0 Å². The van der Waals surface area contributed by atoms with Gasteiger partial charge in [0, 0.05) is 6.54 Å². The summed E-state index contributed by atoms with van der Waals surface area (Å²) < 4.78 is 10.9. The Bertz CT molecular complexity index is 656. The standard InChI is InChI=1S/C20H26N2O3/c1-3-4-13-25-19-8-6-5-7-18(19)22-20(23)15-21-14-16-9-11-17(24-2)12-10-16/h5-12,21H,3-4,13-15H2,1-2H3,(H,22,23). The lowest BCUT2D eigenvalue weighted by atomic mass is 10.2. The van der Waals surface area contributed by atoms with Gasteiger partial charge in [0.15, 0.2) is 0 Å². The van der Waals surface area contributed by atoms with E-state index in [1.54, 1.807) is 7.11 Å². The molecule has 0 fully saturated rings. The molecule has 0 heterocycles. The Labute approximate surface area is 149 Å². The van der Waals surface area contributed by atoms with E-state index in [0.29, 0.717) is 24.6 Å². The summed E-state index contributed by atoms with van der Waals surface area (Å²) >= 11 is 0. The molecule has 0 unspecified atom stereocenters. The monoisotopic (exact) mass is 342 g/mol. The Hall–Kier alpha value is -2.53. The van der Waals surface area contributed by atoms with E-state index in [9.17, 15) is 4.79 Å². The van der Waals surface area contributed by atoms with E-state index in [0.717, 1.165) is 24.2 Å². The van der Waals surface area contributed by atoms with Crippen LogP contribution in [-0.2, 0) is 11.3 Å². The first-order valence-corrected chi connectivity index (χ1v) is 8.58. The predicted molar refractivity (Wildman–Crippen MR) is 100 cm³/mol. The van der Waals surface area contributed by atoms with Crippen LogP contribution in [0.4, 0.5) is 5.69 Å². The zero-order valence-electron chi connectivity index (χ0n) is 14.9. The van der Waals surface area contributed by atoms with Crippen molar-refractivity contribution in [3.05, 3.63) is 54.1 Å². The number of amides is 1. The summed E-state index contributed by atoms with van der Waals surface area (Å²) in [5.74, 6) is 1.43. The molecule has 0 atom stereocenters. The van der Waals surface area contributed by atoms with Crippen molar-refractivity contribution in [1.82, 2.24) is 5.32 Å². The number of anilines is 1. The van der Waals surface area contributed by atoms with Gasteiger partial charge in [-0.1, -0.05) is 37.6 Å². The van der Waals surface area contributed by atoms with E-state index in [1.165, 1.54) is 0 Å². The zero-order valence-corrected chi connectivity index (χ0v) is 14.9. The Balaban J connectivity index is 1.79. The second-order valence-electron chi connectivity index (χ2n) is 5.70. The Morgan fingerprint density at radius 1 is 1.08 bits per heavy atom. The van der Waals surface area contributed by atoms with Crippen LogP contribution >= 0.6 is 0 Å². The summed E-state index contributed by atoms with van der Waals surface area (Å²) in [4.78, 5) is 12.1. The topological polar surface area (TPSA) is 59.6 Å². The Kier molecular flexibility index (Phi) is 7.79. The lowest BCUT2D eigenvalue weighted by Gasteiger charge is -2.12. The molecule has 0 saturated heterocycles. The van der Waals surface area contributed by atoms with Crippen LogP contribution < -0.4 is 20.1 Å². The van der Waals surface area contributed by atoms with Gasteiger partial charge in [-0.3, -0.25) is 4.79 Å². The fourth-order valence-corrected chi connectivity index (χ4v) is 2.28. The van der Waals surface area contributed by atoms with Crippen LogP contribution in [0.2, 0.25) is 0 Å². The summed E-state index contributed by atoms with van der Waals surface area (Å²) in [6, 6.07) is 15.3. The Morgan fingerprint density at radius 3 is 2.56 bits per heavy atom. The van der Waals surface area contributed by atoms with E-state index in [2.05, 4.69) is 17.6 Å². The number of ether oxygens (including phenoxy) is 2. The van der Waals surface area contributed by atoms with Gasteiger partial charge in [0.2, 0.25) is 5.91 Å². The third-order valence-electron chi connectivity index (χ3n) is 3.69. The molecule has 25 heavy (non-hydrogen) atoms. The number of benzene rings is 2. The average Bonchev–Trinajstić information content (AvgIpc) is 2.64. The lowest BCUT2D eigenvalue weighted by molar-refractivity contribution is -0.115. The molecular formula is C20H26N2O3. The van der Waals surface area contributed by atoms with Gasteiger partial charge in [-0.2, -0.15) is 0 Å². The van der Waals surface area contributed by atoms with E-state index in [4.69, 9.17) is 9.47 Å². The number of hydrogen-bond acceptors (Lipinski definition) is 4. The molecule has 0 aliphatic rings. The average molecular weight is 342 g/mol. The minimum atomic E-state index is -0.0972. The minimum Gasteiger partial charge on any atom is -0.497 e. The second-order valence-corrected chi connectivity index (χ2v) is 5.70. The van der Waals surface area contributed by atoms with Crippen LogP contribution in [0.3, 0.4) is 0 Å². The summed E-state index contributed by atoms with van der Waals surface area (Å²) in [5, 5.41) is 6.03. The number of methoxy groups -OCH3 is 1. The van der Waals surface area contributed by atoms with Crippen LogP contribution in [0.25, 0.3) is 0 Å². The largest absolute Gasteiger partial charge is 0.497 e. The van der Waals surface area contributed by atoms with Gasteiger partial charge in [-0.05, 0) is 36.2 Å². The van der Waals surface area contributed by atoms with Crippen molar-refractivity contribution in [2.75, 3.05) is 25.6 Å². The van der Waals surface area contributed by atoms with Gasteiger partial charge in [0.05, 0.1) is 25.9 Å². The first kappa shape index (κ1) is 18.8. The molecule has 0 aromatic heterocycles. The number of para-hydroxylation sites is 2. The van der Waals surface area contributed by atoms with Crippen molar-refractivity contribution in [2.45, 2.75) is 26.3 Å². The highest BCUT2D eigenvalue weighted by Crippen LogP contribution is 2.23. The van der Waals surface area contributed by atoms with Crippen LogP contribution in [0.5, 0.6) is 11.5 Å². The number of rotatable bonds is 10. The summed E-state index contributed by atoms with van der Waals surface area (Å²) in [6.07, 6.45) is 2.06. The van der Waals surface area contributed by atoms with Crippen molar-refractivity contribution < 1.29 is 14.3 Å². The molecule has 0 spiro atoms. The van der Waals surface area contributed by atoms with E-state index in [1.807, 2.05) is 48.5 Å². The van der Waals surface area contributed by atoms with Gasteiger partial charge in [-0.25, -0.2) is 0 Å². The maximum Gasteiger partial charge on any atom is 0.238 e. The van der Waals surface area contributed by atoms with Crippen molar-refractivity contribution in [3.8, 4) is 11.5 Å². The van der Waals surface area contributed by atoms with Gasteiger partial charge < -0.3 is 20.1 Å². The first-order chi connectivity index (χ1) is 12.2. The highest BCUT2D eigenvalue weighted by molar-refractivity contribution is 5.93. The molecule has 0 saturated carbocycles. The number of carbonyl (C=O) groups is 1. The molecule has 2 aromatic rings. The lowest BCUT2D eigenvalue weighted by Crippen LogP contribution is -2.27. The summed E-state index contributed by atoms with van der Waals surface area (Å²) in [6.45, 7) is 3.62. The maximum absolute atomic E-state index is 12.1. The number of carbonyl (C=O) groups excluding carboxylic acids is 1. The first-order valence-electron chi connectivity index (χ1n) is 8.58. The molecule has 2 aromatic carbocycles. The second kappa shape index (κ2) is 10.4. The zero-order chi connectivity index (χ0) is 17.9. The molecule has 5 nitrogen and oxygen atoms in total. The maximum atomic E-state index is 12.1. The molecule has 0 aliphatic carbocycles. The van der Waals surface area contributed by atoms with Gasteiger partial charge in [-0.15, -0.1) is 0 Å². The predicted octanol–water partition coefficient (Wildman–Crippen LogP) is 3.60. The molecule has 0 bridgehead atoms. The molecule has 0 aliphatic heterocycles. The van der Waals surface area contributed by atoms with Gasteiger partial charge in [0.1, 0.15) is 11.5 Å². The third-order valence-corrected chi connectivity index (χ3v) is 3.69. The van der Waals surface area contributed by atoms with Gasteiger partial charge >= 0.3 is 0 Å².